The first-order valence-corrected chi connectivity index (χ1v) is 7.85. The molecule has 0 aromatic heterocycles. The third kappa shape index (κ3) is 2.52. The van der Waals surface area contributed by atoms with Crippen LogP contribution in [-0.2, 0) is 0 Å². The maximum absolute atomic E-state index is 9.38. The number of fused-ring (bicyclic) bond motifs is 1. The summed E-state index contributed by atoms with van der Waals surface area (Å²) in [5, 5.41) is 12.6. The highest BCUT2D eigenvalue weighted by molar-refractivity contribution is 5.13. The third-order valence-corrected chi connectivity index (χ3v) is 5.57. The summed E-state index contributed by atoms with van der Waals surface area (Å²) in [7, 11) is 1.94. The van der Waals surface area contributed by atoms with Crippen LogP contribution in [0.25, 0.3) is 0 Å². The molecule has 106 valence electrons. The van der Waals surface area contributed by atoms with Gasteiger partial charge in [0.15, 0.2) is 0 Å². The van der Waals surface area contributed by atoms with Crippen molar-refractivity contribution in [3.63, 3.8) is 0 Å². The fourth-order valence-corrected chi connectivity index (χ4v) is 4.23. The molecule has 3 atom stereocenters. The highest BCUT2D eigenvalue weighted by atomic mass is 15.3. The number of hydrogen-bond donors (Lipinski definition) is 1. The number of hydrogen-bond acceptors (Lipinski definition) is 4. The monoisotopic (exact) mass is 262 g/mol. The zero-order valence-electron chi connectivity index (χ0n) is 12.1. The van der Waals surface area contributed by atoms with E-state index >= 15 is 0 Å². The zero-order valence-corrected chi connectivity index (χ0v) is 12.1. The highest BCUT2D eigenvalue weighted by Crippen LogP contribution is 2.34. The Labute approximate surface area is 116 Å². The van der Waals surface area contributed by atoms with E-state index in [1.807, 2.05) is 7.05 Å². The van der Waals surface area contributed by atoms with E-state index in [0.717, 1.165) is 18.9 Å². The summed E-state index contributed by atoms with van der Waals surface area (Å²) in [4.78, 5) is 5.35. The first kappa shape index (κ1) is 13.4. The molecule has 2 aliphatic heterocycles. The first-order chi connectivity index (χ1) is 9.26. The van der Waals surface area contributed by atoms with Crippen molar-refractivity contribution in [2.45, 2.75) is 56.1 Å². The SMILES string of the molecule is CNC1(C#N)CCC(N2CCN3CCCCC3C2)C1. The quantitative estimate of drug-likeness (QED) is 0.812. The molecule has 4 heteroatoms. The molecule has 0 aromatic rings. The molecule has 1 aliphatic carbocycles. The van der Waals surface area contributed by atoms with Gasteiger partial charge in [0.05, 0.1) is 6.07 Å². The van der Waals surface area contributed by atoms with E-state index in [1.54, 1.807) is 0 Å². The molecule has 19 heavy (non-hydrogen) atoms. The van der Waals surface area contributed by atoms with Gasteiger partial charge in [0, 0.05) is 31.7 Å². The van der Waals surface area contributed by atoms with E-state index in [0.29, 0.717) is 6.04 Å². The van der Waals surface area contributed by atoms with Gasteiger partial charge in [-0.3, -0.25) is 9.80 Å². The fourth-order valence-electron chi connectivity index (χ4n) is 4.23. The van der Waals surface area contributed by atoms with Gasteiger partial charge in [-0.15, -0.1) is 0 Å². The summed E-state index contributed by atoms with van der Waals surface area (Å²) in [6, 6.07) is 3.91. The lowest BCUT2D eigenvalue weighted by Crippen LogP contribution is -2.57. The Bertz CT molecular complexity index is 364. The molecule has 1 N–H and O–H groups in total. The van der Waals surface area contributed by atoms with Crippen LogP contribution in [0.3, 0.4) is 0 Å². The second-order valence-electron chi connectivity index (χ2n) is 6.52. The Morgan fingerprint density at radius 3 is 2.68 bits per heavy atom. The Balaban J connectivity index is 1.60. The summed E-state index contributed by atoms with van der Waals surface area (Å²) in [6.45, 7) is 4.98. The Morgan fingerprint density at radius 2 is 1.95 bits per heavy atom. The number of nitrogens with zero attached hydrogens (tertiary/aromatic N) is 3. The highest BCUT2D eigenvalue weighted by Gasteiger charge is 2.42. The number of piperidine rings is 1. The number of nitrogens with one attached hydrogen (secondary N) is 1. The molecule has 0 amide bonds. The van der Waals surface area contributed by atoms with E-state index in [-0.39, 0.29) is 5.54 Å². The average molecular weight is 262 g/mol. The minimum absolute atomic E-state index is 0.256. The van der Waals surface area contributed by atoms with Gasteiger partial charge in [-0.25, -0.2) is 0 Å². The summed E-state index contributed by atoms with van der Waals surface area (Å²) in [5.74, 6) is 0. The molecule has 2 heterocycles. The van der Waals surface area contributed by atoms with E-state index in [9.17, 15) is 5.26 Å². The molecule has 0 radical (unpaired) electrons. The lowest BCUT2D eigenvalue weighted by atomic mass is 9.97. The Morgan fingerprint density at radius 1 is 1.11 bits per heavy atom. The minimum atomic E-state index is -0.256. The van der Waals surface area contributed by atoms with Crippen molar-refractivity contribution in [3.05, 3.63) is 0 Å². The van der Waals surface area contributed by atoms with Crippen LogP contribution < -0.4 is 5.32 Å². The maximum Gasteiger partial charge on any atom is 0.108 e. The molecule has 0 bridgehead atoms. The fraction of sp³-hybridized carbons (Fsp3) is 0.933. The smallest absolute Gasteiger partial charge is 0.108 e. The molecular formula is C15H26N4. The van der Waals surface area contributed by atoms with E-state index < -0.39 is 0 Å². The van der Waals surface area contributed by atoms with E-state index in [4.69, 9.17) is 0 Å². The minimum Gasteiger partial charge on any atom is -0.302 e. The third-order valence-electron chi connectivity index (χ3n) is 5.57. The van der Waals surface area contributed by atoms with Crippen LogP contribution in [0.5, 0.6) is 0 Å². The Hall–Kier alpha value is -0.630. The standard InChI is InChI=1S/C15H26N4/c1-17-15(12-16)6-5-13(10-15)19-9-8-18-7-3-2-4-14(18)11-19/h13-14,17H,2-11H2,1H3. The molecule has 3 fully saturated rings. The second-order valence-corrected chi connectivity index (χ2v) is 6.52. The van der Waals surface area contributed by atoms with Crippen molar-refractivity contribution in [2.24, 2.45) is 0 Å². The van der Waals surface area contributed by atoms with Crippen LogP contribution in [0.2, 0.25) is 0 Å². The van der Waals surface area contributed by atoms with Gasteiger partial charge < -0.3 is 5.32 Å². The van der Waals surface area contributed by atoms with Crippen molar-refractivity contribution in [1.82, 2.24) is 15.1 Å². The first-order valence-electron chi connectivity index (χ1n) is 7.85. The molecule has 2 saturated heterocycles. The van der Waals surface area contributed by atoms with Crippen LogP contribution in [0.4, 0.5) is 0 Å². The van der Waals surface area contributed by atoms with Crippen molar-refractivity contribution >= 4 is 0 Å². The van der Waals surface area contributed by atoms with Crippen LogP contribution in [0, 0.1) is 11.3 Å². The number of piperazine rings is 1. The normalized spacial score (nSPS) is 40.8. The number of nitriles is 1. The molecule has 3 unspecified atom stereocenters. The van der Waals surface area contributed by atoms with Crippen molar-refractivity contribution < 1.29 is 0 Å². The lowest BCUT2D eigenvalue weighted by Gasteiger charge is -2.46. The maximum atomic E-state index is 9.38. The van der Waals surface area contributed by atoms with E-state index in [2.05, 4.69) is 21.2 Å². The van der Waals surface area contributed by atoms with Crippen LogP contribution >= 0.6 is 0 Å². The van der Waals surface area contributed by atoms with Crippen LogP contribution in [-0.4, -0.2) is 60.6 Å². The van der Waals surface area contributed by atoms with Crippen LogP contribution in [0.1, 0.15) is 38.5 Å². The average Bonchev–Trinajstić information content (AvgIpc) is 2.92. The van der Waals surface area contributed by atoms with Crippen molar-refractivity contribution in [1.29, 1.82) is 5.26 Å². The van der Waals surface area contributed by atoms with Gasteiger partial charge in [0.25, 0.3) is 0 Å². The molecule has 1 saturated carbocycles. The zero-order chi connectivity index (χ0) is 13.3. The molecule has 4 nitrogen and oxygen atoms in total. The summed E-state index contributed by atoms with van der Waals surface area (Å²) < 4.78 is 0. The molecule has 0 aromatic carbocycles. The molecular weight excluding hydrogens is 236 g/mol. The van der Waals surface area contributed by atoms with Gasteiger partial charge >= 0.3 is 0 Å². The van der Waals surface area contributed by atoms with Crippen molar-refractivity contribution in [2.75, 3.05) is 33.2 Å². The lowest BCUT2D eigenvalue weighted by molar-refractivity contribution is 0.0277. The molecule has 3 rings (SSSR count). The van der Waals surface area contributed by atoms with Gasteiger partial charge in [-0.1, -0.05) is 6.42 Å². The van der Waals surface area contributed by atoms with Gasteiger partial charge in [-0.05, 0) is 45.7 Å². The molecule has 0 spiro atoms. The summed E-state index contributed by atoms with van der Waals surface area (Å²) in [6.07, 6.45) is 7.36. The van der Waals surface area contributed by atoms with Gasteiger partial charge in [0.2, 0.25) is 0 Å². The van der Waals surface area contributed by atoms with E-state index in [1.165, 1.54) is 51.9 Å². The molecule has 3 aliphatic rings. The number of rotatable bonds is 2. The van der Waals surface area contributed by atoms with Crippen LogP contribution in [0.15, 0.2) is 0 Å². The second kappa shape index (κ2) is 5.40. The largest absolute Gasteiger partial charge is 0.302 e. The Kier molecular flexibility index (Phi) is 3.79. The van der Waals surface area contributed by atoms with Gasteiger partial charge in [-0.2, -0.15) is 5.26 Å². The summed E-state index contributed by atoms with van der Waals surface area (Å²) >= 11 is 0. The topological polar surface area (TPSA) is 42.3 Å². The van der Waals surface area contributed by atoms with Gasteiger partial charge in [0.1, 0.15) is 5.54 Å². The van der Waals surface area contributed by atoms with Crippen molar-refractivity contribution in [3.8, 4) is 6.07 Å². The predicted molar refractivity (Wildman–Crippen MR) is 75.8 cm³/mol. The predicted octanol–water partition coefficient (Wildman–Crippen LogP) is 1.19. The summed E-state index contributed by atoms with van der Waals surface area (Å²) in [5.41, 5.74) is -0.256.